The Morgan fingerprint density at radius 3 is 2.52 bits per heavy atom. The van der Waals surface area contributed by atoms with Crippen molar-refractivity contribution >= 4 is 11.6 Å². The standard InChI is InChI=1S/C18H13N3O2/c1-11-7-8-19-14-13(11)17(22)16-15(18(14)23)20-10-21(16)9-12-5-3-2-4-6-12/h2-8,10H,9H2,1H3. The van der Waals surface area contributed by atoms with Gasteiger partial charge in [0, 0.05) is 12.7 Å². The summed E-state index contributed by atoms with van der Waals surface area (Å²) in [6, 6.07) is 11.5. The van der Waals surface area contributed by atoms with Crippen molar-refractivity contribution in [3.63, 3.8) is 0 Å². The van der Waals surface area contributed by atoms with Crippen molar-refractivity contribution in [2.75, 3.05) is 0 Å². The number of hydrogen-bond acceptors (Lipinski definition) is 4. The van der Waals surface area contributed by atoms with Gasteiger partial charge in [-0.15, -0.1) is 0 Å². The number of nitrogens with zero attached hydrogens (tertiary/aromatic N) is 3. The Kier molecular flexibility index (Phi) is 2.94. The number of benzene rings is 1. The summed E-state index contributed by atoms with van der Waals surface area (Å²) in [5.41, 5.74) is 2.93. The maximum Gasteiger partial charge on any atom is 0.232 e. The van der Waals surface area contributed by atoms with Crippen molar-refractivity contribution < 1.29 is 9.59 Å². The number of carbonyl (C=O) groups excluding carboxylic acids is 2. The van der Waals surface area contributed by atoms with Crippen LogP contribution in [0.3, 0.4) is 0 Å². The first-order chi connectivity index (χ1) is 11.2. The Balaban J connectivity index is 1.85. The smallest absolute Gasteiger partial charge is 0.232 e. The van der Waals surface area contributed by atoms with Gasteiger partial charge in [-0.2, -0.15) is 0 Å². The SMILES string of the molecule is Cc1ccnc2c1C(=O)c1c(ncn1Cc1ccccc1)C2=O. The Labute approximate surface area is 132 Å². The zero-order valence-electron chi connectivity index (χ0n) is 12.5. The minimum absolute atomic E-state index is 0.186. The lowest BCUT2D eigenvalue weighted by Crippen LogP contribution is -2.25. The highest BCUT2D eigenvalue weighted by Gasteiger charge is 2.36. The molecule has 0 saturated carbocycles. The molecule has 5 nitrogen and oxygen atoms in total. The average molecular weight is 303 g/mol. The van der Waals surface area contributed by atoms with Crippen LogP contribution in [-0.2, 0) is 6.54 Å². The molecular weight excluding hydrogens is 290 g/mol. The summed E-state index contributed by atoms with van der Waals surface area (Å²) < 4.78 is 1.74. The number of imidazole rings is 1. The molecule has 1 aliphatic carbocycles. The van der Waals surface area contributed by atoms with Crippen LogP contribution in [0, 0.1) is 6.92 Å². The van der Waals surface area contributed by atoms with Crippen LogP contribution in [0.2, 0.25) is 0 Å². The van der Waals surface area contributed by atoms with Crippen LogP contribution in [0.25, 0.3) is 0 Å². The fourth-order valence-corrected chi connectivity index (χ4v) is 2.93. The normalized spacial score (nSPS) is 12.9. The third-order valence-corrected chi connectivity index (χ3v) is 4.07. The van der Waals surface area contributed by atoms with Crippen LogP contribution in [0.4, 0.5) is 0 Å². The molecule has 0 N–H and O–H groups in total. The lowest BCUT2D eigenvalue weighted by atomic mass is 9.91. The van der Waals surface area contributed by atoms with Gasteiger partial charge in [0.25, 0.3) is 0 Å². The molecule has 0 amide bonds. The molecule has 112 valence electrons. The van der Waals surface area contributed by atoms with Crippen molar-refractivity contribution in [1.29, 1.82) is 0 Å². The minimum Gasteiger partial charge on any atom is -0.323 e. The molecule has 0 spiro atoms. The average Bonchev–Trinajstić information content (AvgIpc) is 2.97. The predicted molar refractivity (Wildman–Crippen MR) is 83.6 cm³/mol. The molecule has 0 radical (unpaired) electrons. The van der Waals surface area contributed by atoms with Crippen LogP contribution in [-0.4, -0.2) is 26.1 Å². The number of aromatic nitrogens is 3. The summed E-state index contributed by atoms with van der Waals surface area (Å²) in [5.74, 6) is -0.473. The molecule has 4 rings (SSSR count). The Hall–Kier alpha value is -3.08. The number of aryl methyl sites for hydroxylation is 1. The molecule has 5 heteroatoms. The van der Waals surface area contributed by atoms with E-state index in [2.05, 4.69) is 9.97 Å². The fourth-order valence-electron chi connectivity index (χ4n) is 2.93. The van der Waals surface area contributed by atoms with Gasteiger partial charge in [0.15, 0.2) is 0 Å². The molecule has 2 heterocycles. The second-order valence-corrected chi connectivity index (χ2v) is 5.56. The number of rotatable bonds is 2. The topological polar surface area (TPSA) is 64.8 Å². The first-order valence-electron chi connectivity index (χ1n) is 7.31. The molecule has 23 heavy (non-hydrogen) atoms. The van der Waals surface area contributed by atoms with E-state index in [0.717, 1.165) is 11.1 Å². The zero-order chi connectivity index (χ0) is 16.0. The molecule has 1 aliphatic rings. The lowest BCUT2D eigenvalue weighted by Gasteiger charge is -2.16. The van der Waals surface area contributed by atoms with E-state index >= 15 is 0 Å². The highest BCUT2D eigenvalue weighted by Crippen LogP contribution is 2.27. The number of hydrogen-bond donors (Lipinski definition) is 0. The van der Waals surface area contributed by atoms with E-state index in [4.69, 9.17) is 0 Å². The van der Waals surface area contributed by atoms with Gasteiger partial charge >= 0.3 is 0 Å². The first-order valence-corrected chi connectivity index (χ1v) is 7.31. The number of fused-ring (bicyclic) bond motifs is 2. The van der Waals surface area contributed by atoms with E-state index in [0.29, 0.717) is 17.8 Å². The lowest BCUT2D eigenvalue weighted by molar-refractivity contribution is 0.0967. The number of pyridine rings is 1. The third-order valence-electron chi connectivity index (χ3n) is 4.07. The highest BCUT2D eigenvalue weighted by atomic mass is 16.1. The van der Waals surface area contributed by atoms with Crippen LogP contribution in [0.1, 0.15) is 43.4 Å². The summed E-state index contributed by atoms with van der Waals surface area (Å²) in [6.07, 6.45) is 3.10. The van der Waals surface area contributed by atoms with E-state index < -0.39 is 0 Å². The van der Waals surface area contributed by atoms with Crippen molar-refractivity contribution in [2.45, 2.75) is 13.5 Å². The fraction of sp³-hybridized carbons (Fsp3) is 0.111. The maximum atomic E-state index is 12.9. The van der Waals surface area contributed by atoms with Gasteiger partial charge in [-0.25, -0.2) is 4.98 Å². The number of ketones is 2. The molecule has 0 fully saturated rings. The summed E-state index contributed by atoms with van der Waals surface area (Å²) in [4.78, 5) is 33.7. The molecule has 3 aromatic rings. The van der Waals surface area contributed by atoms with Gasteiger partial charge in [0.2, 0.25) is 11.6 Å². The molecule has 0 bridgehead atoms. The molecule has 0 aliphatic heterocycles. The first kappa shape index (κ1) is 13.6. The molecular formula is C18H13N3O2. The minimum atomic E-state index is -0.287. The largest absolute Gasteiger partial charge is 0.323 e. The molecule has 1 aromatic carbocycles. The van der Waals surface area contributed by atoms with Crippen molar-refractivity contribution in [3.05, 3.63) is 82.7 Å². The van der Waals surface area contributed by atoms with E-state index in [1.807, 2.05) is 37.3 Å². The van der Waals surface area contributed by atoms with E-state index in [1.165, 1.54) is 0 Å². The Morgan fingerprint density at radius 2 is 1.74 bits per heavy atom. The molecule has 0 saturated heterocycles. The van der Waals surface area contributed by atoms with Gasteiger partial charge in [-0.3, -0.25) is 14.6 Å². The summed E-state index contributed by atoms with van der Waals surface area (Å²) in [6.45, 7) is 2.31. The van der Waals surface area contributed by atoms with E-state index in [9.17, 15) is 9.59 Å². The van der Waals surface area contributed by atoms with Gasteiger partial charge in [-0.05, 0) is 24.1 Å². The van der Waals surface area contributed by atoms with E-state index in [-0.39, 0.29) is 23.0 Å². The van der Waals surface area contributed by atoms with Crippen LogP contribution in [0.15, 0.2) is 48.9 Å². The maximum absolute atomic E-state index is 12.9. The summed E-state index contributed by atoms with van der Waals surface area (Å²) in [5, 5.41) is 0. The van der Waals surface area contributed by atoms with Crippen molar-refractivity contribution in [1.82, 2.24) is 14.5 Å². The van der Waals surface area contributed by atoms with Gasteiger partial charge in [-0.1, -0.05) is 30.3 Å². The van der Waals surface area contributed by atoms with Gasteiger partial charge < -0.3 is 4.57 Å². The molecule has 0 atom stereocenters. The quantitative estimate of drug-likeness (QED) is 0.570. The predicted octanol–water partition coefficient (Wildman–Crippen LogP) is 2.41. The van der Waals surface area contributed by atoms with Crippen molar-refractivity contribution in [3.8, 4) is 0 Å². The van der Waals surface area contributed by atoms with Crippen LogP contribution in [0.5, 0.6) is 0 Å². The number of carbonyl (C=O) groups is 2. The summed E-state index contributed by atoms with van der Waals surface area (Å²) in [7, 11) is 0. The zero-order valence-corrected chi connectivity index (χ0v) is 12.5. The third kappa shape index (κ3) is 2.01. The van der Waals surface area contributed by atoms with E-state index in [1.54, 1.807) is 23.2 Å². The second kappa shape index (κ2) is 4.98. The highest BCUT2D eigenvalue weighted by molar-refractivity contribution is 6.26. The Bertz CT molecular complexity index is 942. The Morgan fingerprint density at radius 1 is 0.957 bits per heavy atom. The molecule has 0 unspecified atom stereocenters. The van der Waals surface area contributed by atoms with Crippen LogP contribution < -0.4 is 0 Å². The van der Waals surface area contributed by atoms with Crippen LogP contribution >= 0.6 is 0 Å². The van der Waals surface area contributed by atoms with Gasteiger partial charge in [0.05, 0.1) is 11.9 Å². The summed E-state index contributed by atoms with van der Waals surface area (Å²) >= 11 is 0. The van der Waals surface area contributed by atoms with Crippen molar-refractivity contribution in [2.24, 2.45) is 0 Å². The second-order valence-electron chi connectivity index (χ2n) is 5.56. The monoisotopic (exact) mass is 303 g/mol. The van der Waals surface area contributed by atoms with Gasteiger partial charge in [0.1, 0.15) is 17.1 Å². The molecule has 2 aromatic heterocycles.